The zero-order valence-electron chi connectivity index (χ0n) is 26.0. The van der Waals surface area contributed by atoms with Gasteiger partial charge >= 0.3 is 245 Å². The van der Waals surface area contributed by atoms with Gasteiger partial charge in [-0.25, -0.2) is 0 Å². The molecule has 2 aliphatic rings. The zero-order valence-corrected chi connectivity index (χ0v) is 29.4. The molecule has 0 unspecified atom stereocenters. The van der Waals surface area contributed by atoms with Crippen LogP contribution in [-0.4, -0.2) is 40.4 Å². The van der Waals surface area contributed by atoms with Crippen molar-refractivity contribution in [1.82, 2.24) is 0 Å². The van der Waals surface area contributed by atoms with Crippen LogP contribution in [0.15, 0.2) is 61.3 Å². The molecule has 0 radical (unpaired) electrons. The Hall–Kier alpha value is -1.44. The number of rotatable bonds is 2. The first-order valence-corrected chi connectivity index (χ1v) is 17.0. The molecular formula is C34H47O2Se2+. The molecule has 3 rings (SSSR count). The van der Waals surface area contributed by atoms with Crippen LogP contribution in [0.5, 0.6) is 0 Å². The molecule has 1 N–H and O–H groups in total. The summed E-state index contributed by atoms with van der Waals surface area (Å²) in [7, 11) is 0. The summed E-state index contributed by atoms with van der Waals surface area (Å²) in [5, 5.41) is 11.3. The van der Waals surface area contributed by atoms with Gasteiger partial charge in [0.2, 0.25) is 0 Å². The average molecular weight is 646 g/mol. The normalized spacial score (nSPS) is 18.8. The molecule has 0 fully saturated rings. The number of Topliss-reactive ketones (excluding diaryl/α,β-unsaturated/α-hetero) is 1. The van der Waals surface area contributed by atoms with E-state index in [9.17, 15) is 9.90 Å². The van der Waals surface area contributed by atoms with Crippen molar-refractivity contribution in [3.8, 4) is 0 Å². The molecule has 0 amide bonds. The molecule has 206 valence electrons. The third kappa shape index (κ3) is 6.31. The second kappa shape index (κ2) is 10.2. The van der Waals surface area contributed by atoms with E-state index in [-0.39, 0.29) is 62.7 Å². The van der Waals surface area contributed by atoms with Gasteiger partial charge in [-0.05, 0) is 0 Å². The molecule has 0 bridgehead atoms. The van der Waals surface area contributed by atoms with Crippen molar-refractivity contribution in [2.24, 2.45) is 10.8 Å². The van der Waals surface area contributed by atoms with Crippen LogP contribution in [0.3, 0.4) is 0 Å². The molecular weight excluding hydrogens is 598 g/mol. The maximum atomic E-state index is 13.7. The Morgan fingerprint density at radius 1 is 0.711 bits per heavy atom. The number of allylic oxidation sites excluding steroid dienone is 9. The number of ketones is 1. The molecule has 0 atom stereocenters. The quantitative estimate of drug-likeness (QED) is 0.258. The van der Waals surface area contributed by atoms with Crippen LogP contribution in [0.4, 0.5) is 0 Å². The Morgan fingerprint density at radius 2 is 1.13 bits per heavy atom. The first kappa shape index (κ1) is 31.1. The third-order valence-corrected chi connectivity index (χ3v) is 15.1. The van der Waals surface area contributed by atoms with Crippen LogP contribution >= 0.6 is 0 Å². The molecule has 2 heterocycles. The molecule has 0 aromatic carbocycles. The van der Waals surface area contributed by atoms with E-state index >= 15 is 0 Å². The average Bonchev–Trinajstić information content (AvgIpc) is 2.76. The monoisotopic (exact) mass is 647 g/mol. The summed E-state index contributed by atoms with van der Waals surface area (Å²) in [5.41, 5.74) is 5.04. The van der Waals surface area contributed by atoms with Gasteiger partial charge in [0.05, 0.1) is 0 Å². The number of carbonyl (C=O) groups excluding carboxylic acids is 1. The summed E-state index contributed by atoms with van der Waals surface area (Å²) in [6, 6.07) is 4.53. The third-order valence-electron chi connectivity index (χ3n) is 7.09. The van der Waals surface area contributed by atoms with Crippen LogP contribution < -0.4 is 0 Å². The van der Waals surface area contributed by atoms with Crippen molar-refractivity contribution < 1.29 is 9.90 Å². The van der Waals surface area contributed by atoms with Crippen molar-refractivity contribution in [2.75, 3.05) is 0 Å². The molecule has 0 spiro atoms. The minimum absolute atomic E-state index is 0.0440. The molecule has 1 aliphatic heterocycles. The summed E-state index contributed by atoms with van der Waals surface area (Å²) in [6.07, 6.45) is 4.53. The van der Waals surface area contributed by atoms with Gasteiger partial charge in [0.15, 0.2) is 0 Å². The van der Waals surface area contributed by atoms with Gasteiger partial charge in [0, 0.05) is 0 Å². The Kier molecular flexibility index (Phi) is 8.34. The van der Waals surface area contributed by atoms with Crippen LogP contribution in [0, 0.1) is 10.8 Å². The summed E-state index contributed by atoms with van der Waals surface area (Å²) < 4.78 is 5.68. The molecule has 0 saturated carbocycles. The Labute approximate surface area is 244 Å². The number of carbonyl (C=O) groups is 1. The van der Waals surface area contributed by atoms with E-state index in [1.807, 2.05) is 13.8 Å². The first-order valence-electron chi connectivity index (χ1n) is 13.6. The molecule has 2 nitrogen and oxygen atoms in total. The Balaban J connectivity index is 2.20. The molecule has 1 aliphatic carbocycles. The van der Waals surface area contributed by atoms with Gasteiger partial charge in [-0.2, -0.15) is 0 Å². The SMILES string of the molecule is CC(=C1C=C(C(C)(C)C)[Se]C(C(C)(C)C)=C1)C1=C(O)/C(=C(/C)c2cc(C(C)(C)C)[se+]c(C(C)(C)C)c2)C1=O. The fourth-order valence-electron chi connectivity index (χ4n) is 4.30. The molecule has 0 saturated heterocycles. The summed E-state index contributed by atoms with van der Waals surface area (Å²) in [5.74, 6) is 0.0995. The Bertz CT molecular complexity index is 1270. The van der Waals surface area contributed by atoms with E-state index < -0.39 is 0 Å². The van der Waals surface area contributed by atoms with E-state index in [0.29, 0.717) is 11.1 Å². The van der Waals surface area contributed by atoms with Gasteiger partial charge in [0.25, 0.3) is 0 Å². The number of hydrogen-bond acceptors (Lipinski definition) is 2. The number of aliphatic hydroxyl groups is 1. The second-order valence-corrected chi connectivity index (χ2v) is 19.4. The van der Waals surface area contributed by atoms with Crippen LogP contribution in [0.2, 0.25) is 0 Å². The van der Waals surface area contributed by atoms with Gasteiger partial charge in [-0.3, -0.25) is 0 Å². The molecule has 38 heavy (non-hydrogen) atoms. The Morgan fingerprint density at radius 3 is 1.47 bits per heavy atom. The van der Waals surface area contributed by atoms with Crippen LogP contribution in [0.25, 0.3) is 5.57 Å². The van der Waals surface area contributed by atoms with Gasteiger partial charge in [-0.1, -0.05) is 0 Å². The zero-order chi connectivity index (χ0) is 29.2. The van der Waals surface area contributed by atoms with Crippen LogP contribution in [-0.2, 0) is 15.6 Å². The van der Waals surface area contributed by atoms with E-state index in [0.717, 1.165) is 22.3 Å². The minimum atomic E-state index is -0.0440. The number of hydrogen-bond donors (Lipinski definition) is 1. The van der Waals surface area contributed by atoms with E-state index in [2.05, 4.69) is 107 Å². The topological polar surface area (TPSA) is 37.3 Å². The maximum absolute atomic E-state index is 13.7. The number of aliphatic hydroxyl groups excluding tert-OH is 1. The predicted molar refractivity (Wildman–Crippen MR) is 166 cm³/mol. The van der Waals surface area contributed by atoms with Gasteiger partial charge in [0.1, 0.15) is 0 Å². The van der Waals surface area contributed by atoms with E-state index in [4.69, 9.17) is 0 Å². The predicted octanol–water partition coefficient (Wildman–Crippen LogP) is 8.68. The standard InChI is InChI=1S/C34H46O2Se2/c1-19(21-15-23(31(3,4)5)37-24(16-21)32(6,7)8)27-29(35)28(30(27)36)20(2)22-17-25(33(9,10)11)38-26(18-22)34(12,13)14/h15-18H,1-14H3/p+1. The first-order chi connectivity index (χ1) is 17.0. The van der Waals surface area contributed by atoms with Crippen molar-refractivity contribution in [2.45, 2.75) is 108 Å². The van der Waals surface area contributed by atoms with Gasteiger partial charge < -0.3 is 0 Å². The second-order valence-electron chi connectivity index (χ2n) is 14.8. The fraction of sp³-hybridized carbons (Fsp3) is 0.529. The van der Waals surface area contributed by atoms with Crippen molar-refractivity contribution in [3.63, 3.8) is 0 Å². The summed E-state index contributed by atoms with van der Waals surface area (Å²) in [6.45, 7) is 31.1. The molecule has 1 aromatic heterocycles. The summed E-state index contributed by atoms with van der Waals surface area (Å²) in [4.78, 5) is 13.7. The molecule has 4 heteroatoms. The van der Waals surface area contributed by atoms with Crippen molar-refractivity contribution in [3.05, 3.63) is 75.7 Å². The summed E-state index contributed by atoms with van der Waals surface area (Å²) >= 11 is 0.546. The molecule has 1 aromatic rings. The fourth-order valence-corrected chi connectivity index (χ4v) is 9.43. The van der Waals surface area contributed by atoms with E-state index in [1.54, 1.807) is 0 Å². The van der Waals surface area contributed by atoms with Gasteiger partial charge in [-0.15, -0.1) is 0 Å². The van der Waals surface area contributed by atoms with Crippen LogP contribution in [0.1, 0.15) is 111 Å². The van der Waals surface area contributed by atoms with E-state index in [1.165, 1.54) is 17.8 Å². The van der Waals surface area contributed by atoms with Crippen molar-refractivity contribution >= 4 is 40.8 Å². The van der Waals surface area contributed by atoms with Crippen molar-refractivity contribution in [1.29, 1.82) is 0 Å².